The van der Waals surface area contributed by atoms with Crippen molar-refractivity contribution in [3.05, 3.63) is 18.5 Å². The summed E-state index contributed by atoms with van der Waals surface area (Å²) in [5, 5.41) is 0. The van der Waals surface area contributed by atoms with Gasteiger partial charge < -0.3 is 20.3 Å². The van der Waals surface area contributed by atoms with Gasteiger partial charge in [-0.1, -0.05) is 0 Å². The van der Waals surface area contributed by atoms with Crippen molar-refractivity contribution in [1.82, 2.24) is 24.8 Å². The van der Waals surface area contributed by atoms with Crippen LogP contribution in [0.2, 0.25) is 0 Å². The van der Waals surface area contributed by atoms with Crippen LogP contribution in [0.5, 0.6) is 0 Å². The Hall–Kier alpha value is -2.52. The van der Waals surface area contributed by atoms with Crippen LogP contribution in [0.4, 0.5) is 17.7 Å². The van der Waals surface area contributed by atoms with Crippen LogP contribution in [-0.4, -0.2) is 82.9 Å². The molecule has 2 aromatic heterocycles. The molecule has 0 spiro atoms. The molecular weight excluding hydrogens is 368 g/mol. The van der Waals surface area contributed by atoms with Crippen molar-refractivity contribution in [2.75, 3.05) is 55.4 Å². The first-order valence-corrected chi connectivity index (χ1v) is 10.4. The second kappa shape index (κ2) is 6.50. The number of piperazine rings is 1. The molecule has 1 aliphatic carbocycles. The molecule has 2 N–H and O–H groups in total. The van der Waals surface area contributed by atoms with E-state index in [2.05, 4.69) is 30.7 Å². The monoisotopic (exact) mass is 394 g/mol. The summed E-state index contributed by atoms with van der Waals surface area (Å²) in [5.41, 5.74) is 7.42. The third-order valence-electron chi connectivity index (χ3n) is 7.03. The zero-order chi connectivity index (χ0) is 19.5. The van der Waals surface area contributed by atoms with E-state index in [1.807, 2.05) is 0 Å². The molecule has 9 heteroatoms. The lowest BCUT2D eigenvalue weighted by Crippen LogP contribution is -2.79. The van der Waals surface area contributed by atoms with Gasteiger partial charge >= 0.3 is 0 Å². The van der Waals surface area contributed by atoms with Crippen LogP contribution in [0, 0.1) is 5.92 Å². The first-order valence-electron chi connectivity index (χ1n) is 10.4. The predicted molar refractivity (Wildman–Crippen MR) is 110 cm³/mol. The molecular formula is C20H26N8O. The van der Waals surface area contributed by atoms with Gasteiger partial charge in [0.25, 0.3) is 0 Å². The fourth-order valence-corrected chi connectivity index (χ4v) is 5.17. The summed E-state index contributed by atoms with van der Waals surface area (Å²) in [6, 6.07) is 3.83. The maximum absolute atomic E-state index is 5.67. The smallest absolute Gasteiger partial charge is 0.228 e. The molecule has 0 radical (unpaired) electrons. The maximum Gasteiger partial charge on any atom is 0.228 e. The van der Waals surface area contributed by atoms with Gasteiger partial charge in [-0.3, -0.25) is 4.90 Å². The van der Waals surface area contributed by atoms with Gasteiger partial charge in [0.2, 0.25) is 11.9 Å². The number of likely N-dealkylation sites (tertiary alicyclic amines) is 1. The summed E-state index contributed by atoms with van der Waals surface area (Å²) >= 11 is 0. The van der Waals surface area contributed by atoms with Crippen molar-refractivity contribution < 1.29 is 4.74 Å². The molecule has 0 amide bonds. The van der Waals surface area contributed by atoms with Crippen molar-refractivity contribution >= 4 is 17.7 Å². The zero-order valence-electron chi connectivity index (χ0n) is 16.6. The Balaban J connectivity index is 1.29. The minimum Gasteiger partial charge on any atom is -0.383 e. The SMILES string of the molecule is COCCN1C[C@@H]2C1CN2c1cc(-c2cnc(N)nc2)nc(N2CC3CC2C3)n1. The topological polar surface area (TPSA) is 96.5 Å². The lowest BCUT2D eigenvalue weighted by molar-refractivity contribution is -0.00631. The van der Waals surface area contributed by atoms with Crippen molar-refractivity contribution in [2.45, 2.75) is 31.0 Å². The third-order valence-corrected chi connectivity index (χ3v) is 7.03. The van der Waals surface area contributed by atoms with E-state index in [4.69, 9.17) is 20.4 Å². The van der Waals surface area contributed by atoms with E-state index in [1.165, 1.54) is 12.8 Å². The molecule has 1 unspecified atom stereocenters. The Morgan fingerprint density at radius 1 is 1.07 bits per heavy atom. The molecule has 2 atom stereocenters. The number of nitrogen functional groups attached to an aromatic ring is 1. The van der Waals surface area contributed by atoms with Crippen LogP contribution in [0.3, 0.4) is 0 Å². The van der Waals surface area contributed by atoms with Crippen molar-refractivity contribution in [1.29, 1.82) is 0 Å². The highest BCUT2D eigenvalue weighted by molar-refractivity contribution is 5.66. The minimum atomic E-state index is 0.278. The average molecular weight is 394 g/mol. The Morgan fingerprint density at radius 2 is 1.90 bits per heavy atom. The third kappa shape index (κ3) is 2.75. The van der Waals surface area contributed by atoms with Crippen molar-refractivity contribution in [3.8, 4) is 11.3 Å². The summed E-state index contributed by atoms with van der Waals surface area (Å²) in [5.74, 6) is 2.95. The van der Waals surface area contributed by atoms with Gasteiger partial charge in [-0.05, 0) is 18.8 Å². The molecule has 4 aliphatic heterocycles. The number of rotatable bonds is 6. The van der Waals surface area contributed by atoms with Gasteiger partial charge in [0, 0.05) is 69.4 Å². The fourth-order valence-electron chi connectivity index (χ4n) is 5.17. The maximum atomic E-state index is 5.67. The molecule has 6 heterocycles. The Bertz CT molecular complexity index is 915. The first kappa shape index (κ1) is 17.3. The van der Waals surface area contributed by atoms with E-state index < -0.39 is 0 Å². The van der Waals surface area contributed by atoms with E-state index in [0.717, 1.165) is 61.7 Å². The average Bonchev–Trinajstić information content (AvgIpc) is 3.30. The van der Waals surface area contributed by atoms with Crippen LogP contribution < -0.4 is 15.5 Å². The van der Waals surface area contributed by atoms with Crippen molar-refractivity contribution in [3.63, 3.8) is 0 Å². The number of hydrogen-bond donors (Lipinski definition) is 1. The van der Waals surface area contributed by atoms with Crippen LogP contribution >= 0.6 is 0 Å². The second-order valence-electron chi connectivity index (χ2n) is 8.66. The molecule has 4 saturated heterocycles. The van der Waals surface area contributed by atoms with E-state index >= 15 is 0 Å². The number of fused-ring (bicyclic) bond motifs is 2. The van der Waals surface area contributed by atoms with E-state index in [-0.39, 0.29) is 5.95 Å². The molecule has 9 nitrogen and oxygen atoms in total. The van der Waals surface area contributed by atoms with Gasteiger partial charge in [-0.25, -0.2) is 15.0 Å². The molecule has 5 fully saturated rings. The highest BCUT2D eigenvalue weighted by atomic mass is 16.5. The minimum absolute atomic E-state index is 0.278. The van der Waals surface area contributed by atoms with Crippen LogP contribution in [-0.2, 0) is 4.74 Å². The predicted octanol–water partition coefficient (Wildman–Crippen LogP) is 0.634. The summed E-state index contributed by atoms with van der Waals surface area (Å²) < 4.78 is 5.22. The van der Waals surface area contributed by atoms with Crippen LogP contribution in [0.1, 0.15) is 12.8 Å². The largest absolute Gasteiger partial charge is 0.383 e. The first-order chi connectivity index (χ1) is 14.2. The van der Waals surface area contributed by atoms with Gasteiger partial charge in [-0.2, -0.15) is 4.98 Å². The second-order valence-corrected chi connectivity index (χ2v) is 8.66. The Kier molecular flexibility index (Phi) is 3.89. The van der Waals surface area contributed by atoms with Crippen LogP contribution in [0.25, 0.3) is 11.3 Å². The highest BCUT2D eigenvalue weighted by Crippen LogP contribution is 2.44. The van der Waals surface area contributed by atoms with Crippen LogP contribution in [0.15, 0.2) is 18.5 Å². The van der Waals surface area contributed by atoms with E-state index in [1.54, 1.807) is 19.5 Å². The van der Waals surface area contributed by atoms with Gasteiger partial charge in [0.05, 0.1) is 18.3 Å². The molecule has 2 bridgehead atoms. The molecule has 0 aromatic carbocycles. The molecule has 5 aliphatic rings. The summed E-state index contributed by atoms with van der Waals surface area (Å²) in [4.78, 5) is 25.5. The lowest BCUT2D eigenvalue weighted by Gasteiger charge is -2.62. The standard InChI is InChI=1S/C20H26N8O/c1-29-3-2-26-10-17-16(26)11-28(17)18-6-15(13-7-22-19(21)23-8-13)24-20(25-18)27-9-12-4-14(27)5-12/h6-8,12,14,16-17H,2-5,9-11H2,1H3,(H2,21,22,23)/t12?,14?,16?,17-/m1/s1. The quantitative estimate of drug-likeness (QED) is 0.757. The van der Waals surface area contributed by atoms with Gasteiger partial charge in [0.15, 0.2) is 0 Å². The van der Waals surface area contributed by atoms with E-state index in [0.29, 0.717) is 18.1 Å². The number of aromatic nitrogens is 4. The highest BCUT2D eigenvalue weighted by Gasteiger charge is 2.52. The normalized spacial score (nSPS) is 29.8. The number of ether oxygens (including phenoxy) is 1. The number of hydrogen-bond acceptors (Lipinski definition) is 9. The van der Waals surface area contributed by atoms with Crippen molar-refractivity contribution in [2.24, 2.45) is 5.92 Å². The Morgan fingerprint density at radius 3 is 2.55 bits per heavy atom. The number of methoxy groups -OCH3 is 1. The molecule has 2 aromatic rings. The zero-order valence-corrected chi connectivity index (χ0v) is 16.6. The summed E-state index contributed by atoms with van der Waals surface area (Å²) in [6.45, 7) is 4.95. The number of nitrogens with zero attached hydrogens (tertiary/aromatic N) is 7. The van der Waals surface area contributed by atoms with E-state index in [9.17, 15) is 0 Å². The Labute approximate surface area is 169 Å². The number of anilines is 3. The molecule has 7 rings (SSSR count). The summed E-state index contributed by atoms with van der Waals surface area (Å²) in [7, 11) is 1.76. The number of nitrogens with two attached hydrogens (primary N) is 1. The van der Waals surface area contributed by atoms with Gasteiger partial charge in [-0.15, -0.1) is 0 Å². The fraction of sp³-hybridized carbons (Fsp3) is 0.600. The van der Waals surface area contributed by atoms with Gasteiger partial charge in [0.1, 0.15) is 5.82 Å². The molecule has 1 saturated carbocycles. The summed E-state index contributed by atoms with van der Waals surface area (Å²) in [6.07, 6.45) is 6.04. The molecule has 152 valence electrons. The molecule has 29 heavy (non-hydrogen) atoms. The lowest BCUT2D eigenvalue weighted by atomic mass is 9.85.